The molecule has 8 heteroatoms. The molecule has 2 N–H and O–H groups in total. The number of amides is 3. The molecule has 32 heavy (non-hydrogen) atoms. The molecule has 2 aromatic carbocycles. The number of nitrogens with zero attached hydrogens (tertiary/aromatic N) is 3. The molecule has 1 aromatic heterocycles. The fourth-order valence-electron chi connectivity index (χ4n) is 3.47. The number of anilines is 3. The average molecular weight is 429 g/mol. The van der Waals surface area contributed by atoms with Crippen molar-refractivity contribution in [1.82, 2.24) is 14.9 Å². The van der Waals surface area contributed by atoms with E-state index in [1.54, 1.807) is 24.3 Å². The molecule has 8 nitrogen and oxygen atoms in total. The first-order valence-corrected chi connectivity index (χ1v) is 10.3. The molecular weight excluding hydrogens is 406 g/mol. The van der Waals surface area contributed by atoms with Crippen molar-refractivity contribution in [3.05, 3.63) is 77.2 Å². The summed E-state index contributed by atoms with van der Waals surface area (Å²) in [6.45, 7) is 6.12. The third-order valence-electron chi connectivity index (χ3n) is 5.00. The molecule has 0 saturated carbocycles. The van der Waals surface area contributed by atoms with Gasteiger partial charge in [-0.1, -0.05) is 13.8 Å². The molecular formula is C24H23N5O3. The maximum absolute atomic E-state index is 12.7. The maximum Gasteiger partial charge on any atom is 0.261 e. The summed E-state index contributed by atoms with van der Waals surface area (Å²) in [4.78, 5) is 47.3. The number of aryl methyl sites for hydroxylation is 1. The zero-order valence-corrected chi connectivity index (χ0v) is 18.0. The Hall–Kier alpha value is -4.07. The number of hydrogen-bond acceptors (Lipinski definition) is 6. The minimum absolute atomic E-state index is 0.163. The van der Waals surface area contributed by atoms with E-state index in [1.807, 2.05) is 39.0 Å². The molecule has 0 spiro atoms. The van der Waals surface area contributed by atoms with E-state index in [-0.39, 0.29) is 29.2 Å². The van der Waals surface area contributed by atoms with E-state index >= 15 is 0 Å². The number of carbonyl (C=O) groups excluding carboxylic acids is 3. The van der Waals surface area contributed by atoms with Crippen molar-refractivity contribution >= 4 is 34.9 Å². The third kappa shape index (κ3) is 4.34. The summed E-state index contributed by atoms with van der Waals surface area (Å²) in [6, 6.07) is 13.6. The smallest absolute Gasteiger partial charge is 0.261 e. The lowest BCUT2D eigenvalue weighted by Gasteiger charge is -2.15. The normalized spacial score (nSPS) is 12.8. The number of rotatable bonds is 6. The van der Waals surface area contributed by atoms with Gasteiger partial charge < -0.3 is 10.6 Å². The molecule has 0 fully saturated rings. The molecule has 2 heterocycles. The maximum atomic E-state index is 12.7. The first-order valence-electron chi connectivity index (χ1n) is 10.3. The number of benzene rings is 2. The van der Waals surface area contributed by atoms with Gasteiger partial charge >= 0.3 is 0 Å². The Kier molecular flexibility index (Phi) is 5.68. The number of fused-ring (bicyclic) bond motifs is 1. The van der Waals surface area contributed by atoms with E-state index in [0.29, 0.717) is 29.2 Å². The summed E-state index contributed by atoms with van der Waals surface area (Å²) >= 11 is 0. The lowest BCUT2D eigenvalue weighted by Crippen LogP contribution is -2.33. The zero-order chi connectivity index (χ0) is 22.8. The molecule has 1 aliphatic rings. The van der Waals surface area contributed by atoms with Gasteiger partial charge in [0.15, 0.2) is 0 Å². The molecule has 0 bridgehead atoms. The second-order valence-electron chi connectivity index (χ2n) is 8.08. The monoisotopic (exact) mass is 429 g/mol. The Morgan fingerprint density at radius 2 is 1.62 bits per heavy atom. The summed E-state index contributed by atoms with van der Waals surface area (Å²) < 4.78 is 0. The number of carbonyl (C=O) groups is 3. The highest BCUT2D eigenvalue weighted by Gasteiger charge is 2.36. The fourth-order valence-corrected chi connectivity index (χ4v) is 3.47. The molecule has 4 rings (SSSR count). The van der Waals surface area contributed by atoms with E-state index in [0.717, 1.165) is 11.4 Å². The summed E-state index contributed by atoms with van der Waals surface area (Å²) in [5, 5.41) is 5.99. The van der Waals surface area contributed by atoms with Gasteiger partial charge in [-0.15, -0.1) is 0 Å². The molecule has 0 atom stereocenters. The summed E-state index contributed by atoms with van der Waals surface area (Å²) in [5.74, 6) is -0.187. The van der Waals surface area contributed by atoms with Crippen LogP contribution in [0.3, 0.4) is 0 Å². The Bertz CT molecular complexity index is 1200. The first kappa shape index (κ1) is 21.2. The van der Waals surface area contributed by atoms with Crippen LogP contribution in [-0.2, 0) is 0 Å². The van der Waals surface area contributed by atoms with Crippen molar-refractivity contribution in [2.45, 2.75) is 20.8 Å². The van der Waals surface area contributed by atoms with Gasteiger partial charge in [-0.05, 0) is 55.3 Å². The van der Waals surface area contributed by atoms with Crippen molar-refractivity contribution < 1.29 is 14.4 Å². The van der Waals surface area contributed by atoms with Gasteiger partial charge in [-0.25, -0.2) is 9.97 Å². The SMILES string of the molecule is Cc1cc(Nc2ccc(NC(=O)c3ccc4c(c3)C(=O)N(CC(C)C)C4=O)cc2)ncn1. The highest BCUT2D eigenvalue weighted by molar-refractivity contribution is 6.22. The molecule has 0 radical (unpaired) electrons. The van der Waals surface area contributed by atoms with Gasteiger partial charge in [0.2, 0.25) is 0 Å². The van der Waals surface area contributed by atoms with Crippen molar-refractivity contribution in [1.29, 1.82) is 0 Å². The van der Waals surface area contributed by atoms with E-state index in [9.17, 15) is 14.4 Å². The van der Waals surface area contributed by atoms with E-state index < -0.39 is 0 Å². The Balaban J connectivity index is 1.45. The predicted octanol–water partition coefficient (Wildman–Crippen LogP) is 4.03. The van der Waals surface area contributed by atoms with Crippen LogP contribution in [0.4, 0.5) is 17.2 Å². The minimum Gasteiger partial charge on any atom is -0.340 e. The van der Waals surface area contributed by atoms with Crippen LogP contribution in [-0.4, -0.2) is 39.1 Å². The Morgan fingerprint density at radius 1 is 0.938 bits per heavy atom. The number of imide groups is 1. The van der Waals surface area contributed by atoms with E-state index in [1.165, 1.54) is 17.3 Å². The van der Waals surface area contributed by atoms with Crippen molar-refractivity contribution in [2.75, 3.05) is 17.2 Å². The second-order valence-corrected chi connectivity index (χ2v) is 8.08. The summed E-state index contributed by atoms with van der Waals surface area (Å²) in [5.41, 5.74) is 3.19. The van der Waals surface area contributed by atoms with Crippen LogP contribution < -0.4 is 10.6 Å². The number of hydrogen-bond donors (Lipinski definition) is 2. The molecule has 3 aromatic rings. The standard InChI is InChI=1S/C24H23N5O3/c1-14(2)12-29-23(31)19-9-4-16(11-20(19)24(29)32)22(30)28-18-7-5-17(6-8-18)27-21-10-15(3)25-13-26-21/h4-11,13-14H,12H2,1-3H3,(H,28,30)(H,25,26,27). The molecule has 0 saturated heterocycles. The number of nitrogens with one attached hydrogen (secondary N) is 2. The molecule has 0 unspecified atom stereocenters. The Labute approximate surface area is 185 Å². The van der Waals surface area contributed by atoms with Crippen molar-refractivity contribution in [2.24, 2.45) is 5.92 Å². The zero-order valence-electron chi connectivity index (χ0n) is 18.0. The molecule has 162 valence electrons. The van der Waals surface area contributed by atoms with Gasteiger partial charge in [0.1, 0.15) is 12.1 Å². The molecule has 0 aliphatic carbocycles. The fraction of sp³-hybridized carbons (Fsp3) is 0.208. The van der Waals surface area contributed by atoms with Gasteiger partial charge in [-0.3, -0.25) is 19.3 Å². The minimum atomic E-state index is -0.359. The molecule has 1 aliphatic heterocycles. The lowest BCUT2D eigenvalue weighted by molar-refractivity contribution is 0.0636. The van der Waals surface area contributed by atoms with Gasteiger partial charge in [0, 0.05) is 35.2 Å². The van der Waals surface area contributed by atoms with E-state index in [4.69, 9.17) is 0 Å². The van der Waals surface area contributed by atoms with Crippen LogP contribution in [0.1, 0.15) is 50.6 Å². The van der Waals surface area contributed by atoms with Crippen LogP contribution in [0.2, 0.25) is 0 Å². The average Bonchev–Trinajstić information content (AvgIpc) is 2.99. The summed E-state index contributed by atoms with van der Waals surface area (Å²) in [6.07, 6.45) is 1.49. The third-order valence-corrected chi connectivity index (χ3v) is 5.00. The highest BCUT2D eigenvalue weighted by atomic mass is 16.2. The quantitative estimate of drug-likeness (QED) is 0.573. The van der Waals surface area contributed by atoms with Crippen LogP contribution in [0.15, 0.2) is 54.9 Å². The molecule has 3 amide bonds. The number of aromatic nitrogens is 2. The Morgan fingerprint density at radius 3 is 2.31 bits per heavy atom. The van der Waals surface area contributed by atoms with Gasteiger partial charge in [0.05, 0.1) is 11.1 Å². The predicted molar refractivity (Wildman–Crippen MR) is 121 cm³/mol. The van der Waals surface area contributed by atoms with Crippen molar-refractivity contribution in [3.8, 4) is 0 Å². The second kappa shape index (κ2) is 8.58. The lowest BCUT2D eigenvalue weighted by atomic mass is 10.1. The van der Waals surface area contributed by atoms with Crippen LogP contribution in [0.5, 0.6) is 0 Å². The largest absolute Gasteiger partial charge is 0.340 e. The highest BCUT2D eigenvalue weighted by Crippen LogP contribution is 2.25. The van der Waals surface area contributed by atoms with E-state index in [2.05, 4.69) is 20.6 Å². The van der Waals surface area contributed by atoms with Crippen LogP contribution in [0.25, 0.3) is 0 Å². The first-order chi connectivity index (χ1) is 15.3. The topological polar surface area (TPSA) is 104 Å². The van der Waals surface area contributed by atoms with Gasteiger partial charge in [0.25, 0.3) is 17.7 Å². The van der Waals surface area contributed by atoms with Gasteiger partial charge in [-0.2, -0.15) is 0 Å². The van der Waals surface area contributed by atoms with Crippen molar-refractivity contribution in [3.63, 3.8) is 0 Å². The van der Waals surface area contributed by atoms with Crippen LogP contribution >= 0.6 is 0 Å². The summed E-state index contributed by atoms with van der Waals surface area (Å²) in [7, 11) is 0. The van der Waals surface area contributed by atoms with Crippen LogP contribution in [0, 0.1) is 12.8 Å².